The molecular formula is C18H21BrN2O3. The van der Waals surface area contributed by atoms with E-state index in [1.807, 2.05) is 19.1 Å². The quantitative estimate of drug-likeness (QED) is 0.801. The minimum absolute atomic E-state index is 0.160. The number of carbonyl (C=O) groups excluding carboxylic acids is 3. The van der Waals surface area contributed by atoms with Gasteiger partial charge in [-0.3, -0.25) is 19.3 Å². The molecule has 2 aliphatic rings. The molecule has 1 N–H and O–H groups in total. The average molecular weight is 393 g/mol. The van der Waals surface area contributed by atoms with Crippen LogP contribution in [0.5, 0.6) is 0 Å². The van der Waals surface area contributed by atoms with Crippen molar-refractivity contribution in [3.8, 4) is 0 Å². The van der Waals surface area contributed by atoms with Crippen molar-refractivity contribution in [1.82, 2.24) is 4.90 Å². The first-order valence-electron chi connectivity index (χ1n) is 8.32. The number of aryl methyl sites for hydroxylation is 1. The Hall–Kier alpha value is -1.69. The molecule has 3 rings (SSSR count). The zero-order chi connectivity index (χ0) is 17.3. The van der Waals surface area contributed by atoms with Crippen LogP contribution in [0, 0.1) is 12.3 Å². The van der Waals surface area contributed by atoms with Crippen LogP contribution in [0.4, 0.5) is 5.69 Å². The van der Waals surface area contributed by atoms with Crippen molar-refractivity contribution in [1.29, 1.82) is 0 Å². The van der Waals surface area contributed by atoms with E-state index in [1.54, 1.807) is 6.07 Å². The van der Waals surface area contributed by atoms with Crippen LogP contribution in [-0.2, 0) is 14.4 Å². The summed E-state index contributed by atoms with van der Waals surface area (Å²) in [5, 5.41) is 2.75. The number of amides is 3. The van der Waals surface area contributed by atoms with Gasteiger partial charge >= 0.3 is 0 Å². The third-order valence-corrected chi connectivity index (χ3v) is 5.91. The summed E-state index contributed by atoms with van der Waals surface area (Å²) in [4.78, 5) is 38.4. The summed E-state index contributed by atoms with van der Waals surface area (Å²) in [6.07, 6.45) is 4.87. The second-order valence-electron chi connectivity index (χ2n) is 6.81. The van der Waals surface area contributed by atoms with E-state index in [9.17, 15) is 14.4 Å². The summed E-state index contributed by atoms with van der Waals surface area (Å²) in [5.74, 6) is -0.727. The number of halogens is 1. The van der Waals surface area contributed by atoms with Crippen molar-refractivity contribution in [2.45, 2.75) is 45.4 Å². The lowest BCUT2D eigenvalue weighted by molar-refractivity contribution is -0.144. The first-order valence-corrected chi connectivity index (χ1v) is 9.11. The summed E-state index contributed by atoms with van der Waals surface area (Å²) in [6.45, 7) is 1.76. The van der Waals surface area contributed by atoms with Crippen LogP contribution < -0.4 is 5.32 Å². The van der Waals surface area contributed by atoms with Gasteiger partial charge in [0.15, 0.2) is 0 Å². The molecule has 0 bridgehead atoms. The highest BCUT2D eigenvalue weighted by atomic mass is 79.9. The highest BCUT2D eigenvalue weighted by Crippen LogP contribution is 2.45. The van der Waals surface area contributed by atoms with Crippen LogP contribution in [-0.4, -0.2) is 29.2 Å². The fourth-order valence-electron chi connectivity index (χ4n) is 3.65. The van der Waals surface area contributed by atoms with Crippen LogP contribution in [0.3, 0.4) is 0 Å². The Morgan fingerprint density at radius 1 is 1.25 bits per heavy atom. The molecule has 1 heterocycles. The molecule has 1 aromatic carbocycles. The fourth-order valence-corrected chi connectivity index (χ4v) is 4.03. The summed E-state index contributed by atoms with van der Waals surface area (Å²) < 4.78 is 0.898. The van der Waals surface area contributed by atoms with Gasteiger partial charge in [0.1, 0.15) is 6.54 Å². The molecular weight excluding hydrogens is 372 g/mol. The largest absolute Gasteiger partial charge is 0.324 e. The number of benzene rings is 1. The maximum absolute atomic E-state index is 12.7. The van der Waals surface area contributed by atoms with Crippen molar-refractivity contribution in [2.24, 2.45) is 5.41 Å². The Morgan fingerprint density at radius 2 is 1.96 bits per heavy atom. The molecule has 1 saturated heterocycles. The Kier molecular flexibility index (Phi) is 4.76. The normalized spacial score (nSPS) is 19.8. The van der Waals surface area contributed by atoms with Crippen molar-refractivity contribution in [2.75, 3.05) is 11.9 Å². The molecule has 24 heavy (non-hydrogen) atoms. The van der Waals surface area contributed by atoms with Crippen LogP contribution in [0.25, 0.3) is 0 Å². The topological polar surface area (TPSA) is 66.5 Å². The van der Waals surface area contributed by atoms with Gasteiger partial charge < -0.3 is 5.32 Å². The van der Waals surface area contributed by atoms with E-state index in [4.69, 9.17) is 0 Å². The van der Waals surface area contributed by atoms with E-state index >= 15 is 0 Å². The van der Waals surface area contributed by atoms with E-state index in [0.29, 0.717) is 5.69 Å². The van der Waals surface area contributed by atoms with Gasteiger partial charge in [-0.15, -0.1) is 0 Å². The molecule has 0 radical (unpaired) electrons. The van der Waals surface area contributed by atoms with Gasteiger partial charge in [0.25, 0.3) is 0 Å². The third kappa shape index (κ3) is 3.24. The molecule has 6 heteroatoms. The molecule has 0 unspecified atom stereocenters. The van der Waals surface area contributed by atoms with Crippen LogP contribution >= 0.6 is 15.9 Å². The zero-order valence-electron chi connectivity index (χ0n) is 13.7. The van der Waals surface area contributed by atoms with Crippen LogP contribution in [0.1, 0.15) is 44.1 Å². The SMILES string of the molecule is Cc1ccc(NC(=O)CN2C(=O)CC3(CCCCC3)C2=O)cc1Br. The maximum Gasteiger partial charge on any atom is 0.244 e. The number of rotatable bonds is 3. The maximum atomic E-state index is 12.7. The predicted octanol–water partition coefficient (Wildman–Crippen LogP) is 3.41. The fraction of sp³-hybridized carbons (Fsp3) is 0.500. The van der Waals surface area contributed by atoms with Gasteiger partial charge in [-0.25, -0.2) is 0 Å². The molecule has 128 valence electrons. The number of carbonyl (C=O) groups is 3. The van der Waals surface area contributed by atoms with Gasteiger partial charge in [0, 0.05) is 16.6 Å². The van der Waals surface area contributed by atoms with Gasteiger partial charge in [-0.2, -0.15) is 0 Å². The average Bonchev–Trinajstić information content (AvgIpc) is 2.76. The van der Waals surface area contributed by atoms with E-state index in [1.165, 1.54) is 0 Å². The van der Waals surface area contributed by atoms with Gasteiger partial charge in [0.2, 0.25) is 17.7 Å². The molecule has 1 aliphatic heterocycles. The smallest absolute Gasteiger partial charge is 0.244 e. The number of nitrogens with zero attached hydrogens (tertiary/aromatic N) is 1. The first-order chi connectivity index (χ1) is 11.4. The lowest BCUT2D eigenvalue weighted by atomic mass is 9.73. The lowest BCUT2D eigenvalue weighted by Crippen LogP contribution is -2.41. The van der Waals surface area contributed by atoms with Crippen LogP contribution in [0.15, 0.2) is 22.7 Å². The number of nitrogens with one attached hydrogen (secondary N) is 1. The molecule has 2 fully saturated rings. The van der Waals surface area contributed by atoms with Crippen molar-refractivity contribution < 1.29 is 14.4 Å². The van der Waals surface area contributed by atoms with Gasteiger partial charge in [0.05, 0.1) is 5.41 Å². The summed E-state index contributed by atoms with van der Waals surface area (Å²) >= 11 is 3.42. The molecule has 3 amide bonds. The number of imide groups is 1. The number of likely N-dealkylation sites (tertiary alicyclic amines) is 1. The van der Waals surface area contributed by atoms with Crippen LogP contribution in [0.2, 0.25) is 0 Å². The predicted molar refractivity (Wildman–Crippen MR) is 94.4 cm³/mol. The molecule has 1 aromatic rings. The third-order valence-electron chi connectivity index (χ3n) is 5.06. The van der Waals surface area contributed by atoms with Crippen molar-refractivity contribution in [3.63, 3.8) is 0 Å². The molecule has 0 aromatic heterocycles. The van der Waals surface area contributed by atoms with E-state index in [2.05, 4.69) is 21.2 Å². The highest BCUT2D eigenvalue weighted by Gasteiger charge is 2.51. The van der Waals surface area contributed by atoms with Crippen molar-refractivity contribution >= 4 is 39.3 Å². The molecule has 1 saturated carbocycles. The van der Waals surface area contributed by atoms with Gasteiger partial charge in [-0.05, 0) is 37.5 Å². The zero-order valence-corrected chi connectivity index (χ0v) is 15.3. The van der Waals surface area contributed by atoms with E-state index in [0.717, 1.165) is 47.0 Å². The summed E-state index contributed by atoms with van der Waals surface area (Å²) in [7, 11) is 0. The van der Waals surface area contributed by atoms with E-state index < -0.39 is 5.41 Å². The Labute approximate surface area is 149 Å². The van der Waals surface area contributed by atoms with Gasteiger partial charge in [-0.1, -0.05) is 41.3 Å². The highest BCUT2D eigenvalue weighted by molar-refractivity contribution is 9.10. The number of hydrogen-bond acceptors (Lipinski definition) is 3. The molecule has 1 spiro atoms. The number of hydrogen-bond donors (Lipinski definition) is 1. The Balaban J connectivity index is 1.66. The standard InChI is InChI=1S/C18H21BrN2O3/c1-12-5-6-13(9-14(12)19)20-15(22)11-21-16(23)10-18(17(21)24)7-3-2-4-8-18/h5-6,9H,2-4,7-8,10-11H2,1H3,(H,20,22). The summed E-state index contributed by atoms with van der Waals surface area (Å²) in [6, 6.07) is 5.50. The number of anilines is 1. The minimum Gasteiger partial charge on any atom is -0.324 e. The Morgan fingerprint density at radius 3 is 2.62 bits per heavy atom. The second-order valence-corrected chi connectivity index (χ2v) is 7.67. The second kappa shape index (κ2) is 6.67. The molecule has 0 atom stereocenters. The summed E-state index contributed by atoms with van der Waals surface area (Å²) in [5.41, 5.74) is 1.17. The minimum atomic E-state index is -0.539. The molecule has 5 nitrogen and oxygen atoms in total. The lowest BCUT2D eigenvalue weighted by Gasteiger charge is -2.30. The van der Waals surface area contributed by atoms with Crippen molar-refractivity contribution in [3.05, 3.63) is 28.2 Å². The molecule has 1 aliphatic carbocycles. The first kappa shape index (κ1) is 17.1. The monoisotopic (exact) mass is 392 g/mol. The Bertz CT molecular complexity index is 696. The van der Waals surface area contributed by atoms with E-state index in [-0.39, 0.29) is 30.7 Å².